The van der Waals surface area contributed by atoms with Gasteiger partial charge in [0.25, 0.3) is 5.91 Å². The zero-order chi connectivity index (χ0) is 17.8. The summed E-state index contributed by atoms with van der Waals surface area (Å²) < 4.78 is 13.6. The van der Waals surface area contributed by atoms with E-state index in [9.17, 15) is 9.18 Å². The Labute approximate surface area is 148 Å². The van der Waals surface area contributed by atoms with Crippen molar-refractivity contribution in [3.63, 3.8) is 0 Å². The summed E-state index contributed by atoms with van der Waals surface area (Å²) in [5.41, 5.74) is 2.03. The number of aromatic nitrogens is 2. The molecule has 0 saturated heterocycles. The molecule has 126 valence electrons. The van der Waals surface area contributed by atoms with Crippen LogP contribution in [0.15, 0.2) is 54.9 Å². The number of rotatable bonds is 4. The van der Waals surface area contributed by atoms with E-state index in [1.807, 2.05) is 13.0 Å². The number of halogens is 2. The third-order valence-corrected chi connectivity index (χ3v) is 3.87. The number of carbonyl (C=O) groups is 1. The highest BCUT2D eigenvalue weighted by Crippen LogP contribution is 2.21. The lowest BCUT2D eigenvalue weighted by atomic mass is 10.2. The van der Waals surface area contributed by atoms with Crippen LogP contribution in [0.4, 0.5) is 21.7 Å². The van der Waals surface area contributed by atoms with Gasteiger partial charge in [-0.3, -0.25) is 4.79 Å². The van der Waals surface area contributed by atoms with Crippen LogP contribution >= 0.6 is 11.6 Å². The first-order valence-corrected chi connectivity index (χ1v) is 7.82. The predicted molar refractivity (Wildman–Crippen MR) is 95.9 cm³/mol. The number of hydrogen-bond acceptors (Lipinski definition) is 4. The molecule has 25 heavy (non-hydrogen) atoms. The molecule has 0 aliphatic rings. The van der Waals surface area contributed by atoms with Crippen molar-refractivity contribution in [2.24, 2.45) is 0 Å². The van der Waals surface area contributed by atoms with E-state index in [0.717, 1.165) is 5.56 Å². The van der Waals surface area contributed by atoms with Gasteiger partial charge < -0.3 is 10.6 Å². The highest BCUT2D eigenvalue weighted by atomic mass is 35.5. The summed E-state index contributed by atoms with van der Waals surface area (Å²) >= 11 is 6.04. The number of carbonyl (C=O) groups excluding carboxylic acids is 1. The first-order valence-electron chi connectivity index (χ1n) is 7.44. The maximum Gasteiger partial charge on any atom is 0.258 e. The van der Waals surface area contributed by atoms with Gasteiger partial charge in [0.2, 0.25) is 5.95 Å². The molecule has 0 fully saturated rings. The summed E-state index contributed by atoms with van der Waals surface area (Å²) in [6.45, 7) is 1.88. The molecule has 0 radical (unpaired) electrons. The average Bonchev–Trinajstić information content (AvgIpc) is 2.61. The zero-order valence-corrected chi connectivity index (χ0v) is 14.0. The summed E-state index contributed by atoms with van der Waals surface area (Å²) in [4.78, 5) is 20.3. The van der Waals surface area contributed by atoms with Crippen LogP contribution in [-0.2, 0) is 0 Å². The zero-order valence-electron chi connectivity index (χ0n) is 13.3. The summed E-state index contributed by atoms with van der Waals surface area (Å²) in [6.07, 6.45) is 2.72. The van der Waals surface area contributed by atoms with Crippen molar-refractivity contribution < 1.29 is 9.18 Å². The average molecular weight is 357 g/mol. The Kier molecular flexibility index (Phi) is 4.90. The van der Waals surface area contributed by atoms with E-state index in [0.29, 0.717) is 10.7 Å². The van der Waals surface area contributed by atoms with Crippen molar-refractivity contribution in [1.29, 1.82) is 0 Å². The van der Waals surface area contributed by atoms with Gasteiger partial charge in [0.15, 0.2) is 0 Å². The summed E-state index contributed by atoms with van der Waals surface area (Å²) in [5.74, 6) is -0.582. The highest BCUT2D eigenvalue weighted by molar-refractivity contribution is 6.31. The summed E-state index contributed by atoms with van der Waals surface area (Å²) in [6, 6.07) is 11.4. The fraction of sp³-hybridized carbons (Fsp3) is 0.0556. The molecule has 2 aromatic carbocycles. The highest BCUT2D eigenvalue weighted by Gasteiger charge is 2.09. The fourth-order valence-corrected chi connectivity index (χ4v) is 2.25. The second-order valence-corrected chi connectivity index (χ2v) is 5.73. The van der Waals surface area contributed by atoms with Crippen LogP contribution in [0.3, 0.4) is 0 Å². The van der Waals surface area contributed by atoms with Crippen molar-refractivity contribution in [3.05, 3.63) is 76.8 Å². The van der Waals surface area contributed by atoms with Gasteiger partial charge in [0.1, 0.15) is 5.82 Å². The minimum Gasteiger partial charge on any atom is -0.322 e. The number of aryl methyl sites for hydroxylation is 1. The largest absolute Gasteiger partial charge is 0.322 e. The SMILES string of the molecule is Cc1ccc(NC(=O)c2cnc(Nc3ccccc3F)nc2)cc1Cl. The van der Waals surface area contributed by atoms with Gasteiger partial charge in [-0.05, 0) is 36.8 Å². The van der Waals surface area contributed by atoms with E-state index in [2.05, 4.69) is 20.6 Å². The molecule has 0 spiro atoms. The van der Waals surface area contributed by atoms with Crippen LogP contribution in [-0.4, -0.2) is 15.9 Å². The molecule has 0 aliphatic heterocycles. The van der Waals surface area contributed by atoms with E-state index in [4.69, 9.17) is 11.6 Å². The van der Waals surface area contributed by atoms with Crippen molar-refractivity contribution in [3.8, 4) is 0 Å². The molecule has 1 amide bonds. The Balaban J connectivity index is 1.70. The Bertz CT molecular complexity index is 915. The summed E-state index contributed by atoms with van der Waals surface area (Å²) in [7, 11) is 0. The smallest absolute Gasteiger partial charge is 0.258 e. The standard InChI is InChI=1S/C18H14ClFN4O/c1-11-6-7-13(8-14(11)19)23-17(25)12-9-21-18(22-10-12)24-16-5-3-2-4-15(16)20/h2-10H,1H3,(H,23,25)(H,21,22,24). The van der Waals surface area contributed by atoms with Crippen LogP contribution in [0.1, 0.15) is 15.9 Å². The second-order valence-electron chi connectivity index (χ2n) is 5.32. The van der Waals surface area contributed by atoms with E-state index >= 15 is 0 Å². The van der Waals surface area contributed by atoms with E-state index in [-0.39, 0.29) is 23.1 Å². The van der Waals surface area contributed by atoms with Gasteiger partial charge in [-0.25, -0.2) is 14.4 Å². The molecule has 0 unspecified atom stereocenters. The first-order chi connectivity index (χ1) is 12.0. The molecule has 1 heterocycles. The van der Waals surface area contributed by atoms with Crippen LogP contribution in [0.5, 0.6) is 0 Å². The topological polar surface area (TPSA) is 66.9 Å². The van der Waals surface area contributed by atoms with E-state index in [1.165, 1.54) is 18.5 Å². The molecule has 3 rings (SSSR count). The van der Waals surface area contributed by atoms with Crippen molar-refractivity contribution in [1.82, 2.24) is 9.97 Å². The van der Waals surface area contributed by atoms with Gasteiger partial charge in [-0.1, -0.05) is 29.8 Å². The quantitative estimate of drug-likeness (QED) is 0.718. The maximum absolute atomic E-state index is 13.6. The van der Waals surface area contributed by atoms with Crippen molar-refractivity contribution in [2.45, 2.75) is 6.92 Å². The number of nitrogens with zero attached hydrogens (tertiary/aromatic N) is 2. The molecule has 0 saturated carbocycles. The third kappa shape index (κ3) is 4.10. The molecule has 0 bridgehead atoms. The molecular formula is C18H14ClFN4O. The Morgan fingerprint density at radius 2 is 1.84 bits per heavy atom. The number of amides is 1. The number of para-hydroxylation sites is 1. The molecule has 0 aliphatic carbocycles. The monoisotopic (exact) mass is 356 g/mol. The number of hydrogen-bond donors (Lipinski definition) is 2. The van der Waals surface area contributed by atoms with Crippen molar-refractivity contribution in [2.75, 3.05) is 10.6 Å². The number of anilines is 3. The van der Waals surface area contributed by atoms with Gasteiger partial charge in [0.05, 0.1) is 11.3 Å². The molecule has 3 aromatic rings. The second kappa shape index (κ2) is 7.27. The van der Waals surface area contributed by atoms with Gasteiger partial charge in [-0.2, -0.15) is 0 Å². The predicted octanol–water partition coefficient (Wildman–Crippen LogP) is 4.57. The Morgan fingerprint density at radius 1 is 1.12 bits per heavy atom. The lowest BCUT2D eigenvalue weighted by molar-refractivity contribution is 0.102. The van der Waals surface area contributed by atoms with Crippen LogP contribution < -0.4 is 10.6 Å². The van der Waals surface area contributed by atoms with Gasteiger partial charge >= 0.3 is 0 Å². The molecule has 2 N–H and O–H groups in total. The van der Waals surface area contributed by atoms with Gasteiger partial charge in [-0.15, -0.1) is 0 Å². The normalized spacial score (nSPS) is 10.4. The molecule has 1 aromatic heterocycles. The number of nitrogens with one attached hydrogen (secondary N) is 2. The molecule has 0 atom stereocenters. The number of benzene rings is 2. The molecule has 7 heteroatoms. The minimum absolute atomic E-state index is 0.194. The van der Waals surface area contributed by atoms with E-state index in [1.54, 1.807) is 30.3 Å². The van der Waals surface area contributed by atoms with E-state index < -0.39 is 5.82 Å². The lowest BCUT2D eigenvalue weighted by Crippen LogP contribution is -2.13. The van der Waals surface area contributed by atoms with Crippen LogP contribution in [0.25, 0.3) is 0 Å². The lowest BCUT2D eigenvalue weighted by Gasteiger charge is -2.08. The third-order valence-electron chi connectivity index (χ3n) is 3.46. The van der Waals surface area contributed by atoms with Crippen LogP contribution in [0.2, 0.25) is 5.02 Å². The Morgan fingerprint density at radius 3 is 2.52 bits per heavy atom. The molecule has 5 nitrogen and oxygen atoms in total. The first kappa shape index (κ1) is 16.9. The van der Waals surface area contributed by atoms with Gasteiger partial charge in [0, 0.05) is 23.1 Å². The summed E-state index contributed by atoms with van der Waals surface area (Å²) in [5, 5.41) is 6.04. The molecular weight excluding hydrogens is 343 g/mol. The maximum atomic E-state index is 13.6. The Hall–Kier alpha value is -2.99. The van der Waals surface area contributed by atoms with Crippen LogP contribution in [0, 0.1) is 12.7 Å². The van der Waals surface area contributed by atoms with Crippen molar-refractivity contribution >= 4 is 34.8 Å². The fourth-order valence-electron chi connectivity index (χ4n) is 2.07. The minimum atomic E-state index is -0.413.